The SMILES string of the molecule is CCN(CC)C(CNC(=O)NC(c1cccc(OC)c1)c1nccn1C)c1ccccc1. The molecule has 2 unspecified atom stereocenters. The summed E-state index contributed by atoms with van der Waals surface area (Å²) in [5, 5.41) is 6.18. The molecule has 0 aliphatic carbocycles. The van der Waals surface area contributed by atoms with E-state index in [4.69, 9.17) is 4.74 Å². The molecule has 2 amide bonds. The number of nitrogens with one attached hydrogen (secondary N) is 2. The van der Waals surface area contributed by atoms with Crippen molar-refractivity contribution in [2.75, 3.05) is 26.7 Å². The molecule has 2 atom stereocenters. The number of amides is 2. The van der Waals surface area contributed by atoms with Crippen LogP contribution in [0.3, 0.4) is 0 Å². The molecule has 0 radical (unpaired) electrons. The van der Waals surface area contributed by atoms with E-state index in [-0.39, 0.29) is 12.1 Å². The maximum absolute atomic E-state index is 13.0. The predicted molar refractivity (Wildman–Crippen MR) is 127 cm³/mol. The Morgan fingerprint density at radius 2 is 1.81 bits per heavy atom. The second-order valence-corrected chi connectivity index (χ2v) is 7.61. The fourth-order valence-electron chi connectivity index (χ4n) is 3.94. The zero-order valence-electron chi connectivity index (χ0n) is 19.3. The molecule has 0 bridgehead atoms. The number of rotatable bonds is 10. The molecule has 32 heavy (non-hydrogen) atoms. The summed E-state index contributed by atoms with van der Waals surface area (Å²) in [6.45, 7) is 6.58. The maximum atomic E-state index is 13.0. The molecular formula is C25H33N5O2. The van der Waals surface area contributed by atoms with E-state index in [1.807, 2.05) is 60.3 Å². The summed E-state index contributed by atoms with van der Waals surface area (Å²) in [5.74, 6) is 1.48. The van der Waals surface area contributed by atoms with Crippen LogP contribution in [0.2, 0.25) is 0 Å². The van der Waals surface area contributed by atoms with Crippen molar-refractivity contribution in [2.45, 2.75) is 25.9 Å². The highest BCUT2D eigenvalue weighted by Gasteiger charge is 2.23. The van der Waals surface area contributed by atoms with E-state index >= 15 is 0 Å². The average Bonchev–Trinajstić information content (AvgIpc) is 3.26. The third-order valence-corrected chi connectivity index (χ3v) is 5.71. The third kappa shape index (κ3) is 5.68. The van der Waals surface area contributed by atoms with E-state index in [1.165, 1.54) is 5.56 Å². The predicted octanol–water partition coefficient (Wildman–Crippen LogP) is 3.90. The van der Waals surface area contributed by atoms with Crippen LogP contribution in [0.4, 0.5) is 4.79 Å². The minimum Gasteiger partial charge on any atom is -0.497 e. The van der Waals surface area contributed by atoms with Crippen molar-refractivity contribution >= 4 is 6.03 Å². The highest BCUT2D eigenvalue weighted by atomic mass is 16.5. The first-order valence-corrected chi connectivity index (χ1v) is 11.0. The smallest absolute Gasteiger partial charge is 0.315 e. The molecule has 3 aromatic rings. The van der Waals surface area contributed by atoms with Crippen molar-refractivity contribution in [3.05, 3.63) is 83.9 Å². The van der Waals surface area contributed by atoms with E-state index < -0.39 is 6.04 Å². The first-order chi connectivity index (χ1) is 15.6. The highest BCUT2D eigenvalue weighted by molar-refractivity contribution is 5.75. The van der Waals surface area contributed by atoms with Crippen molar-refractivity contribution in [1.29, 1.82) is 0 Å². The molecule has 7 nitrogen and oxygen atoms in total. The molecule has 0 fully saturated rings. The van der Waals surface area contributed by atoms with Crippen molar-refractivity contribution in [3.8, 4) is 5.75 Å². The second-order valence-electron chi connectivity index (χ2n) is 7.61. The van der Waals surface area contributed by atoms with Gasteiger partial charge in [0.15, 0.2) is 0 Å². The molecule has 2 N–H and O–H groups in total. The van der Waals surface area contributed by atoms with Crippen LogP contribution in [0.1, 0.15) is 42.9 Å². The van der Waals surface area contributed by atoms with Crippen molar-refractivity contribution < 1.29 is 9.53 Å². The largest absolute Gasteiger partial charge is 0.497 e. The fourth-order valence-corrected chi connectivity index (χ4v) is 3.94. The molecule has 1 aromatic heterocycles. The standard InChI is InChI=1S/C25H33N5O2/c1-5-30(6-2)22(19-11-8-7-9-12-19)18-27-25(31)28-23(24-26-15-16-29(24)3)20-13-10-14-21(17-20)32-4/h7-17,22-23H,5-6,18H2,1-4H3,(H2,27,28,31). The Bertz CT molecular complexity index is 985. The number of likely N-dealkylation sites (N-methyl/N-ethyl adjacent to an activating group) is 1. The van der Waals surface area contributed by atoms with Gasteiger partial charge in [-0.25, -0.2) is 9.78 Å². The molecule has 2 aromatic carbocycles. The van der Waals surface area contributed by atoms with E-state index in [0.717, 1.165) is 30.2 Å². The Kier molecular flexibility index (Phi) is 8.27. The molecule has 170 valence electrons. The number of nitrogens with zero attached hydrogens (tertiary/aromatic N) is 3. The summed E-state index contributed by atoms with van der Waals surface area (Å²) in [6, 6.07) is 17.4. The fraction of sp³-hybridized carbons (Fsp3) is 0.360. The summed E-state index contributed by atoms with van der Waals surface area (Å²) in [5.41, 5.74) is 2.09. The summed E-state index contributed by atoms with van der Waals surface area (Å²) in [7, 11) is 3.55. The highest BCUT2D eigenvalue weighted by Crippen LogP contribution is 2.24. The molecule has 0 aliphatic rings. The summed E-state index contributed by atoms with van der Waals surface area (Å²) in [6.07, 6.45) is 3.60. The number of imidazole rings is 1. The van der Waals surface area contributed by atoms with Gasteiger partial charge >= 0.3 is 6.03 Å². The number of aromatic nitrogens is 2. The Hall–Kier alpha value is -3.32. The summed E-state index contributed by atoms with van der Waals surface area (Å²) in [4.78, 5) is 19.8. The summed E-state index contributed by atoms with van der Waals surface area (Å²) < 4.78 is 7.29. The van der Waals surface area contributed by atoms with Crippen LogP contribution in [0.25, 0.3) is 0 Å². The lowest BCUT2D eigenvalue weighted by Crippen LogP contribution is -2.44. The van der Waals surface area contributed by atoms with Crippen LogP contribution in [0, 0.1) is 0 Å². The average molecular weight is 436 g/mol. The first kappa shape index (κ1) is 23.3. The second kappa shape index (κ2) is 11.3. The van der Waals surface area contributed by atoms with Gasteiger partial charge in [-0.15, -0.1) is 0 Å². The van der Waals surface area contributed by atoms with Gasteiger partial charge in [0.1, 0.15) is 17.6 Å². The number of ether oxygens (including phenoxy) is 1. The number of aryl methyl sites for hydroxylation is 1. The van der Waals surface area contributed by atoms with Gasteiger partial charge in [0.2, 0.25) is 0 Å². The quantitative estimate of drug-likeness (QED) is 0.507. The summed E-state index contributed by atoms with van der Waals surface area (Å²) >= 11 is 0. The van der Waals surface area contributed by atoms with Crippen LogP contribution < -0.4 is 15.4 Å². The van der Waals surface area contributed by atoms with Crippen LogP contribution in [0.5, 0.6) is 5.75 Å². The van der Waals surface area contributed by atoms with Gasteiger partial charge in [-0.3, -0.25) is 4.90 Å². The van der Waals surface area contributed by atoms with E-state index in [2.05, 4.69) is 46.5 Å². The number of benzene rings is 2. The van der Waals surface area contributed by atoms with Crippen LogP contribution in [-0.4, -0.2) is 47.2 Å². The molecule has 0 saturated carbocycles. The van der Waals surface area contributed by atoms with Gasteiger partial charge in [-0.2, -0.15) is 0 Å². The minimum atomic E-state index is -0.409. The zero-order chi connectivity index (χ0) is 22.9. The monoisotopic (exact) mass is 435 g/mol. The minimum absolute atomic E-state index is 0.0976. The molecule has 0 spiro atoms. The lowest BCUT2D eigenvalue weighted by Gasteiger charge is -2.30. The topological polar surface area (TPSA) is 71.4 Å². The van der Waals surface area contributed by atoms with Gasteiger partial charge in [0.25, 0.3) is 0 Å². The van der Waals surface area contributed by atoms with Crippen molar-refractivity contribution in [2.24, 2.45) is 7.05 Å². The Morgan fingerprint density at radius 3 is 2.44 bits per heavy atom. The van der Waals surface area contributed by atoms with Crippen molar-refractivity contribution in [3.63, 3.8) is 0 Å². The first-order valence-electron chi connectivity index (χ1n) is 11.0. The number of hydrogen-bond donors (Lipinski definition) is 2. The normalized spacial score (nSPS) is 12.9. The Labute approximate surface area is 190 Å². The van der Waals surface area contributed by atoms with Crippen molar-refractivity contribution in [1.82, 2.24) is 25.1 Å². The molecular weight excluding hydrogens is 402 g/mol. The van der Waals surface area contributed by atoms with Gasteiger partial charge in [-0.05, 0) is 36.3 Å². The van der Waals surface area contributed by atoms with Gasteiger partial charge in [0.05, 0.1) is 13.2 Å². The number of urea groups is 1. The maximum Gasteiger partial charge on any atom is 0.315 e. The molecule has 0 saturated heterocycles. The molecule has 0 aliphatic heterocycles. The molecule has 1 heterocycles. The van der Waals surface area contributed by atoms with Crippen LogP contribution in [0.15, 0.2) is 67.0 Å². The van der Waals surface area contributed by atoms with Gasteiger partial charge in [-0.1, -0.05) is 56.3 Å². The molecule has 7 heteroatoms. The lowest BCUT2D eigenvalue weighted by atomic mass is 10.0. The number of hydrogen-bond acceptors (Lipinski definition) is 4. The third-order valence-electron chi connectivity index (χ3n) is 5.71. The van der Waals surface area contributed by atoms with Gasteiger partial charge < -0.3 is 19.9 Å². The number of carbonyl (C=O) groups is 1. The van der Waals surface area contributed by atoms with E-state index in [1.54, 1.807) is 13.3 Å². The van der Waals surface area contributed by atoms with E-state index in [0.29, 0.717) is 6.54 Å². The Balaban J connectivity index is 1.78. The zero-order valence-corrected chi connectivity index (χ0v) is 19.3. The van der Waals surface area contributed by atoms with Gasteiger partial charge in [0, 0.05) is 26.0 Å². The molecule has 3 rings (SSSR count). The van der Waals surface area contributed by atoms with Crippen LogP contribution in [-0.2, 0) is 7.05 Å². The van der Waals surface area contributed by atoms with E-state index in [9.17, 15) is 4.79 Å². The number of carbonyl (C=O) groups excluding carboxylic acids is 1. The lowest BCUT2D eigenvalue weighted by molar-refractivity contribution is 0.205. The number of methoxy groups -OCH3 is 1. The Morgan fingerprint density at radius 1 is 1.09 bits per heavy atom. The van der Waals surface area contributed by atoms with Crippen LogP contribution >= 0.6 is 0 Å².